The van der Waals surface area contributed by atoms with Crippen LogP contribution in [0.25, 0.3) is 0 Å². The normalized spacial score (nSPS) is 13.4. The highest BCUT2D eigenvalue weighted by Gasteiger charge is 2.18. The summed E-state index contributed by atoms with van der Waals surface area (Å²) in [6.45, 7) is 8.09. The molecule has 2 rings (SSSR count). The number of thioether (sulfide) groups is 1. The van der Waals surface area contributed by atoms with Gasteiger partial charge in [-0.3, -0.25) is 4.79 Å². The highest BCUT2D eigenvalue weighted by Crippen LogP contribution is 2.26. The molecule has 0 spiro atoms. The molecule has 0 fully saturated rings. The Balaban J connectivity index is 2.00. The summed E-state index contributed by atoms with van der Waals surface area (Å²) in [4.78, 5) is 13.5. The third kappa shape index (κ3) is 5.02. The molecule has 0 unspecified atom stereocenters. The van der Waals surface area contributed by atoms with E-state index in [0.29, 0.717) is 5.02 Å². The van der Waals surface area contributed by atoms with Gasteiger partial charge in [0.15, 0.2) is 0 Å². The van der Waals surface area contributed by atoms with E-state index < -0.39 is 0 Å². The van der Waals surface area contributed by atoms with Crippen molar-refractivity contribution in [3.63, 3.8) is 0 Å². The van der Waals surface area contributed by atoms with Crippen molar-refractivity contribution < 1.29 is 4.79 Å². The lowest BCUT2D eigenvalue weighted by Gasteiger charge is -2.20. The zero-order valence-electron chi connectivity index (χ0n) is 13.9. The van der Waals surface area contributed by atoms with E-state index in [9.17, 15) is 4.79 Å². The summed E-state index contributed by atoms with van der Waals surface area (Å²) >= 11 is 7.42. The fraction of sp³-hybridized carbons (Fsp3) is 0.316. The minimum Gasteiger partial charge on any atom is -0.349 e. The average molecular weight is 348 g/mol. The number of hydrogen-bond donors (Lipinski definition) is 1. The minimum atomic E-state index is -0.163. The molecule has 4 heteroatoms. The molecule has 0 radical (unpaired) electrons. The predicted molar refractivity (Wildman–Crippen MR) is 99.2 cm³/mol. The van der Waals surface area contributed by atoms with Crippen LogP contribution < -0.4 is 5.32 Å². The molecule has 122 valence electrons. The smallest absolute Gasteiger partial charge is 0.233 e. The van der Waals surface area contributed by atoms with Gasteiger partial charge in [0.1, 0.15) is 0 Å². The summed E-state index contributed by atoms with van der Waals surface area (Å²) in [5.74, 6) is 0.0401. The number of nitrogens with one attached hydrogen (secondary N) is 1. The Morgan fingerprint density at radius 3 is 2.39 bits per heavy atom. The first-order chi connectivity index (χ1) is 10.9. The first kappa shape index (κ1) is 17.9. The lowest BCUT2D eigenvalue weighted by molar-refractivity contribution is -0.120. The average Bonchev–Trinajstić information content (AvgIpc) is 2.51. The summed E-state index contributed by atoms with van der Waals surface area (Å²) in [5, 5.41) is 3.65. The molecule has 2 atom stereocenters. The first-order valence-electron chi connectivity index (χ1n) is 7.66. The van der Waals surface area contributed by atoms with Crippen molar-refractivity contribution in [2.45, 2.75) is 43.9 Å². The van der Waals surface area contributed by atoms with Crippen molar-refractivity contribution in [3.8, 4) is 0 Å². The van der Waals surface area contributed by atoms with Crippen molar-refractivity contribution >= 4 is 29.3 Å². The van der Waals surface area contributed by atoms with Gasteiger partial charge in [0.2, 0.25) is 5.91 Å². The molecule has 0 aliphatic heterocycles. The fourth-order valence-corrected chi connectivity index (χ4v) is 3.41. The second-order valence-electron chi connectivity index (χ2n) is 5.80. The van der Waals surface area contributed by atoms with Crippen molar-refractivity contribution in [1.82, 2.24) is 5.32 Å². The zero-order valence-corrected chi connectivity index (χ0v) is 15.5. The molecule has 0 saturated heterocycles. The molecule has 0 aliphatic carbocycles. The first-order valence-corrected chi connectivity index (χ1v) is 8.92. The maximum Gasteiger partial charge on any atom is 0.233 e. The van der Waals surface area contributed by atoms with Crippen LogP contribution in [0.2, 0.25) is 5.02 Å². The van der Waals surface area contributed by atoms with Gasteiger partial charge in [-0.15, -0.1) is 11.8 Å². The van der Waals surface area contributed by atoms with Crippen LogP contribution >= 0.6 is 23.4 Å². The molecule has 1 amide bonds. The van der Waals surface area contributed by atoms with Crippen LogP contribution in [0.5, 0.6) is 0 Å². The Hall–Kier alpha value is -1.45. The Labute approximate surface area is 147 Å². The second-order valence-corrected chi connectivity index (χ2v) is 7.65. The number of hydrogen-bond acceptors (Lipinski definition) is 2. The Morgan fingerprint density at radius 1 is 1.09 bits per heavy atom. The van der Waals surface area contributed by atoms with Gasteiger partial charge in [0.25, 0.3) is 0 Å². The summed E-state index contributed by atoms with van der Waals surface area (Å²) < 4.78 is 0. The second kappa shape index (κ2) is 7.89. The highest BCUT2D eigenvalue weighted by molar-refractivity contribution is 8.00. The number of aryl methyl sites for hydroxylation is 2. The Bertz CT molecular complexity index is 684. The summed E-state index contributed by atoms with van der Waals surface area (Å²) in [5.41, 5.74) is 3.57. The zero-order chi connectivity index (χ0) is 17.0. The van der Waals surface area contributed by atoms with Crippen LogP contribution in [0.15, 0.2) is 47.4 Å². The molecular formula is C19H22ClNOS. The van der Waals surface area contributed by atoms with Gasteiger partial charge in [0.05, 0.1) is 11.3 Å². The van der Waals surface area contributed by atoms with Crippen LogP contribution in [-0.2, 0) is 4.79 Å². The van der Waals surface area contributed by atoms with Crippen LogP contribution in [0.4, 0.5) is 0 Å². The van der Waals surface area contributed by atoms with Gasteiger partial charge >= 0.3 is 0 Å². The maximum atomic E-state index is 12.4. The monoisotopic (exact) mass is 347 g/mol. The van der Waals surface area contributed by atoms with Gasteiger partial charge in [-0.05, 0) is 63.1 Å². The number of halogens is 1. The molecule has 2 nitrogen and oxygen atoms in total. The van der Waals surface area contributed by atoms with Gasteiger partial charge in [-0.1, -0.05) is 35.4 Å². The third-order valence-electron chi connectivity index (χ3n) is 3.76. The van der Waals surface area contributed by atoms with E-state index in [0.717, 1.165) is 4.90 Å². The van der Waals surface area contributed by atoms with Crippen molar-refractivity contribution in [2.75, 3.05) is 0 Å². The van der Waals surface area contributed by atoms with Crippen LogP contribution in [0.1, 0.15) is 36.6 Å². The van der Waals surface area contributed by atoms with Gasteiger partial charge < -0.3 is 5.32 Å². The largest absolute Gasteiger partial charge is 0.349 e. The standard InChI is InChI=1S/C19H22ClNOS/c1-12-5-6-13(2)18(11-12)14(3)21-19(22)15(4)23-17-9-7-16(20)8-10-17/h5-11,14-15H,1-4H3,(H,21,22)/t14-,15+/m0/s1. The van der Waals surface area contributed by atoms with E-state index in [4.69, 9.17) is 11.6 Å². The van der Waals surface area contributed by atoms with E-state index in [1.165, 1.54) is 28.5 Å². The minimum absolute atomic E-state index is 0.00401. The summed E-state index contributed by atoms with van der Waals surface area (Å²) in [7, 11) is 0. The van der Waals surface area contributed by atoms with E-state index in [1.54, 1.807) is 0 Å². The fourth-order valence-electron chi connectivity index (χ4n) is 2.41. The number of benzene rings is 2. The van der Waals surface area contributed by atoms with Gasteiger partial charge in [-0.25, -0.2) is 0 Å². The molecule has 0 saturated carbocycles. The Morgan fingerprint density at radius 2 is 1.74 bits per heavy atom. The molecule has 2 aromatic carbocycles. The van der Waals surface area contributed by atoms with E-state index >= 15 is 0 Å². The van der Waals surface area contributed by atoms with E-state index in [2.05, 4.69) is 37.4 Å². The SMILES string of the molecule is Cc1ccc(C)c([C@H](C)NC(=O)[C@@H](C)Sc2ccc(Cl)cc2)c1. The molecule has 0 heterocycles. The quantitative estimate of drug-likeness (QED) is 0.742. The molecule has 0 aromatic heterocycles. The predicted octanol–water partition coefficient (Wildman–Crippen LogP) is 5.31. The number of rotatable bonds is 5. The molecule has 1 N–H and O–H groups in total. The number of carbonyl (C=O) groups is 1. The molecule has 0 aliphatic rings. The topological polar surface area (TPSA) is 29.1 Å². The van der Waals surface area contributed by atoms with Crippen molar-refractivity contribution in [2.24, 2.45) is 0 Å². The van der Waals surface area contributed by atoms with E-state index in [-0.39, 0.29) is 17.2 Å². The van der Waals surface area contributed by atoms with Crippen molar-refractivity contribution in [1.29, 1.82) is 0 Å². The molecule has 0 bridgehead atoms. The Kier molecular flexibility index (Phi) is 6.14. The molecular weight excluding hydrogens is 326 g/mol. The summed E-state index contributed by atoms with van der Waals surface area (Å²) in [6, 6.07) is 13.9. The highest BCUT2D eigenvalue weighted by atomic mass is 35.5. The van der Waals surface area contributed by atoms with Crippen molar-refractivity contribution in [3.05, 3.63) is 64.2 Å². The maximum absolute atomic E-state index is 12.4. The lowest BCUT2D eigenvalue weighted by atomic mass is 10.00. The number of carbonyl (C=O) groups excluding carboxylic acids is 1. The third-order valence-corrected chi connectivity index (χ3v) is 5.12. The molecule has 23 heavy (non-hydrogen) atoms. The van der Waals surface area contributed by atoms with Gasteiger partial charge in [-0.2, -0.15) is 0 Å². The van der Waals surface area contributed by atoms with Gasteiger partial charge in [0, 0.05) is 9.92 Å². The summed E-state index contributed by atoms with van der Waals surface area (Å²) in [6.07, 6.45) is 0. The molecule has 2 aromatic rings. The van der Waals surface area contributed by atoms with Crippen LogP contribution in [0, 0.1) is 13.8 Å². The van der Waals surface area contributed by atoms with E-state index in [1.807, 2.05) is 38.1 Å². The lowest BCUT2D eigenvalue weighted by Crippen LogP contribution is -2.33. The van der Waals surface area contributed by atoms with Crippen LogP contribution in [-0.4, -0.2) is 11.2 Å². The number of amides is 1. The van der Waals surface area contributed by atoms with Crippen LogP contribution in [0.3, 0.4) is 0 Å².